The second kappa shape index (κ2) is 9.54. The maximum absolute atomic E-state index is 12.9. The van der Waals surface area contributed by atoms with E-state index >= 15 is 0 Å². The molecule has 1 aliphatic heterocycles. The van der Waals surface area contributed by atoms with E-state index in [2.05, 4.69) is 14.3 Å². The molecule has 0 bridgehead atoms. The van der Waals surface area contributed by atoms with Gasteiger partial charge in [-0.1, -0.05) is 0 Å². The standard InChI is InChI=1S/C21H22ClN5O5S/c1-3-32-6-4-5-14(28)12-8-26(9-12)15-7-11(2)16-17(29)13(19(30)31)10-27(18(16)23-15)21-24-20(22)25-33-21/h7,10,12H,3-6,8-9H2,1-2H3,(H,30,31). The van der Waals surface area contributed by atoms with E-state index < -0.39 is 17.0 Å². The quantitative estimate of drug-likeness (QED) is 0.449. The Morgan fingerprint density at radius 2 is 2.09 bits per heavy atom. The third kappa shape index (κ3) is 4.61. The summed E-state index contributed by atoms with van der Waals surface area (Å²) in [5, 5.41) is 10.0. The Bertz CT molecular complexity index is 1280. The average molecular weight is 492 g/mol. The van der Waals surface area contributed by atoms with Crippen molar-refractivity contribution in [3.05, 3.63) is 38.9 Å². The normalized spacial score (nSPS) is 14.0. The minimum Gasteiger partial charge on any atom is -0.477 e. The number of ether oxygens (including phenoxy) is 1. The van der Waals surface area contributed by atoms with E-state index in [1.807, 2.05) is 11.8 Å². The summed E-state index contributed by atoms with van der Waals surface area (Å²) in [5.41, 5.74) is -0.168. The zero-order valence-corrected chi connectivity index (χ0v) is 19.6. The lowest BCUT2D eigenvalue weighted by molar-refractivity contribution is -0.123. The summed E-state index contributed by atoms with van der Waals surface area (Å²) in [5.74, 6) is -0.605. The molecule has 0 saturated carbocycles. The first-order chi connectivity index (χ1) is 15.8. The number of nitrogens with zero attached hydrogens (tertiary/aromatic N) is 5. The highest BCUT2D eigenvalue weighted by atomic mass is 35.5. The number of aromatic carboxylic acids is 1. The number of anilines is 1. The summed E-state index contributed by atoms with van der Waals surface area (Å²) in [6.45, 7) is 5.94. The summed E-state index contributed by atoms with van der Waals surface area (Å²) in [4.78, 5) is 47.7. The van der Waals surface area contributed by atoms with Gasteiger partial charge in [0.15, 0.2) is 5.65 Å². The number of ketones is 1. The Morgan fingerprint density at radius 1 is 1.33 bits per heavy atom. The highest BCUT2D eigenvalue weighted by Gasteiger charge is 2.33. The molecular formula is C21H22ClN5O5S. The molecule has 0 spiro atoms. The third-order valence-electron chi connectivity index (χ3n) is 5.55. The average Bonchev–Trinajstić information content (AvgIpc) is 3.16. The van der Waals surface area contributed by atoms with Crippen LogP contribution >= 0.6 is 23.1 Å². The molecule has 3 aromatic rings. The number of carbonyl (C=O) groups is 2. The van der Waals surface area contributed by atoms with Gasteiger partial charge in [-0.05, 0) is 43.5 Å². The van der Waals surface area contributed by atoms with Crippen LogP contribution in [0.3, 0.4) is 0 Å². The van der Waals surface area contributed by atoms with Crippen LogP contribution in [0.1, 0.15) is 35.7 Å². The molecule has 0 atom stereocenters. The maximum Gasteiger partial charge on any atom is 0.341 e. The topological polar surface area (TPSA) is 128 Å². The molecule has 0 amide bonds. The predicted molar refractivity (Wildman–Crippen MR) is 124 cm³/mol. The van der Waals surface area contributed by atoms with Gasteiger partial charge in [0.05, 0.1) is 11.3 Å². The van der Waals surface area contributed by atoms with Crippen molar-refractivity contribution in [3.8, 4) is 5.13 Å². The first-order valence-electron chi connectivity index (χ1n) is 10.5. The molecule has 0 aliphatic carbocycles. The van der Waals surface area contributed by atoms with Crippen LogP contribution in [-0.4, -0.2) is 62.1 Å². The fraction of sp³-hybridized carbons (Fsp3) is 0.429. The predicted octanol–water partition coefficient (Wildman–Crippen LogP) is 2.72. The fourth-order valence-corrected chi connectivity index (χ4v) is 4.59. The molecule has 1 N–H and O–H groups in total. The Morgan fingerprint density at radius 3 is 2.73 bits per heavy atom. The van der Waals surface area contributed by atoms with Crippen LogP contribution in [0.25, 0.3) is 16.2 Å². The first-order valence-corrected chi connectivity index (χ1v) is 11.6. The van der Waals surface area contributed by atoms with E-state index in [9.17, 15) is 19.5 Å². The van der Waals surface area contributed by atoms with Gasteiger partial charge >= 0.3 is 5.97 Å². The van der Waals surface area contributed by atoms with Crippen molar-refractivity contribution < 1.29 is 19.4 Å². The van der Waals surface area contributed by atoms with E-state index in [4.69, 9.17) is 16.3 Å². The number of halogens is 1. The summed E-state index contributed by atoms with van der Waals surface area (Å²) >= 11 is 6.83. The van der Waals surface area contributed by atoms with Crippen molar-refractivity contribution >= 4 is 51.7 Å². The number of fused-ring (bicyclic) bond motifs is 1. The van der Waals surface area contributed by atoms with E-state index in [0.717, 1.165) is 11.5 Å². The van der Waals surface area contributed by atoms with Crippen molar-refractivity contribution in [2.75, 3.05) is 31.2 Å². The summed E-state index contributed by atoms with van der Waals surface area (Å²) in [6, 6.07) is 1.74. The highest BCUT2D eigenvalue weighted by Crippen LogP contribution is 2.29. The van der Waals surface area contributed by atoms with Crippen LogP contribution in [0.2, 0.25) is 5.28 Å². The Balaban J connectivity index is 1.66. The monoisotopic (exact) mass is 491 g/mol. The Labute approximate surface area is 198 Å². The zero-order chi connectivity index (χ0) is 23.7. The number of carboxylic acid groups (broad SMARTS) is 1. The highest BCUT2D eigenvalue weighted by molar-refractivity contribution is 7.08. The minimum absolute atomic E-state index is 0.0139. The number of aromatic nitrogens is 4. The van der Waals surface area contributed by atoms with Crippen LogP contribution in [0.4, 0.5) is 5.82 Å². The van der Waals surface area contributed by atoms with Crippen LogP contribution in [0, 0.1) is 12.8 Å². The number of Topliss-reactive ketones (excluding diaryl/α,β-unsaturated/α-hetero) is 1. The van der Waals surface area contributed by atoms with Crippen molar-refractivity contribution in [2.45, 2.75) is 26.7 Å². The molecule has 0 aromatic carbocycles. The largest absolute Gasteiger partial charge is 0.477 e. The van der Waals surface area contributed by atoms with E-state index in [1.165, 1.54) is 10.8 Å². The third-order valence-corrected chi connectivity index (χ3v) is 6.53. The lowest BCUT2D eigenvalue weighted by Gasteiger charge is -2.39. The lowest BCUT2D eigenvalue weighted by Crippen LogP contribution is -2.51. The van der Waals surface area contributed by atoms with Gasteiger partial charge in [-0.3, -0.25) is 14.2 Å². The number of hydrogen-bond acceptors (Lipinski definition) is 9. The van der Waals surface area contributed by atoms with Crippen molar-refractivity contribution in [2.24, 2.45) is 5.92 Å². The number of carbonyl (C=O) groups excluding carboxylic acids is 1. The summed E-state index contributed by atoms with van der Waals surface area (Å²) in [6.07, 6.45) is 2.39. The van der Waals surface area contributed by atoms with Crippen molar-refractivity contribution in [3.63, 3.8) is 0 Å². The number of aryl methyl sites for hydroxylation is 1. The molecule has 4 rings (SSSR count). The molecule has 1 aliphatic rings. The molecule has 33 heavy (non-hydrogen) atoms. The fourth-order valence-electron chi connectivity index (χ4n) is 3.80. The molecule has 1 fully saturated rings. The second-order valence-electron chi connectivity index (χ2n) is 7.76. The van der Waals surface area contributed by atoms with E-state index in [-0.39, 0.29) is 28.0 Å². The SMILES string of the molecule is CCOCCCC(=O)C1CN(c2cc(C)c3c(=O)c(C(=O)O)cn(-c4nc(Cl)ns4)c3n2)C1. The van der Waals surface area contributed by atoms with Gasteiger partial charge in [0.25, 0.3) is 0 Å². The van der Waals surface area contributed by atoms with Gasteiger partial charge in [-0.15, -0.1) is 0 Å². The van der Waals surface area contributed by atoms with Crippen molar-refractivity contribution in [1.82, 2.24) is 18.9 Å². The Kier molecular flexibility index (Phi) is 6.73. The minimum atomic E-state index is -1.34. The molecule has 0 radical (unpaired) electrons. The first kappa shape index (κ1) is 23.3. The zero-order valence-electron chi connectivity index (χ0n) is 18.1. The van der Waals surface area contributed by atoms with Gasteiger partial charge in [0, 0.05) is 50.5 Å². The molecule has 10 nitrogen and oxygen atoms in total. The van der Waals surface area contributed by atoms with Gasteiger partial charge in [-0.25, -0.2) is 9.78 Å². The van der Waals surface area contributed by atoms with Crippen LogP contribution < -0.4 is 10.3 Å². The smallest absolute Gasteiger partial charge is 0.341 e. The second-order valence-corrected chi connectivity index (χ2v) is 8.83. The Hall–Kier alpha value is -2.89. The molecule has 4 heterocycles. The van der Waals surface area contributed by atoms with Gasteiger partial charge in [0.1, 0.15) is 17.2 Å². The molecule has 1 saturated heterocycles. The van der Waals surface area contributed by atoms with E-state index in [0.29, 0.717) is 55.7 Å². The summed E-state index contributed by atoms with van der Waals surface area (Å²) < 4.78 is 10.6. The van der Waals surface area contributed by atoms with Gasteiger partial charge < -0.3 is 14.7 Å². The van der Waals surface area contributed by atoms with Crippen LogP contribution in [-0.2, 0) is 9.53 Å². The molecule has 0 unspecified atom stereocenters. The van der Waals surface area contributed by atoms with Gasteiger partial charge in [0.2, 0.25) is 15.8 Å². The number of carboxylic acids is 1. The van der Waals surface area contributed by atoms with E-state index in [1.54, 1.807) is 13.0 Å². The van der Waals surface area contributed by atoms with Crippen LogP contribution in [0.15, 0.2) is 17.1 Å². The van der Waals surface area contributed by atoms with Crippen molar-refractivity contribution in [1.29, 1.82) is 0 Å². The molecule has 174 valence electrons. The number of rotatable bonds is 9. The lowest BCUT2D eigenvalue weighted by atomic mass is 9.92. The number of pyridine rings is 2. The maximum atomic E-state index is 12.9. The number of hydrogen-bond donors (Lipinski definition) is 1. The van der Waals surface area contributed by atoms with Crippen LogP contribution in [0.5, 0.6) is 0 Å². The van der Waals surface area contributed by atoms with Gasteiger partial charge in [-0.2, -0.15) is 9.36 Å². The molecule has 12 heteroatoms. The molecular weight excluding hydrogens is 470 g/mol. The molecule has 3 aromatic heterocycles. The summed E-state index contributed by atoms with van der Waals surface area (Å²) in [7, 11) is 0.